The Bertz CT molecular complexity index is 1460. The molecule has 0 radical (unpaired) electrons. The maximum absolute atomic E-state index is 13.6. The number of hydrogen-bond donors (Lipinski definition) is 3. The molecule has 2 aliphatic rings. The molecule has 2 aliphatic heterocycles. The van der Waals surface area contributed by atoms with Crippen LogP contribution in [0, 0.1) is 11.3 Å². The van der Waals surface area contributed by atoms with Crippen molar-refractivity contribution in [2.45, 2.75) is 108 Å². The third-order valence-corrected chi connectivity index (χ3v) is 10.2. The Morgan fingerprint density at radius 1 is 1.19 bits per heavy atom. The number of benzene rings is 1. The van der Waals surface area contributed by atoms with Gasteiger partial charge in [0.25, 0.3) is 0 Å². The molecule has 0 spiro atoms. The van der Waals surface area contributed by atoms with E-state index in [1.807, 2.05) is 6.92 Å². The fraction of sp³-hybridized carbons (Fsp3) is 0.618. The summed E-state index contributed by atoms with van der Waals surface area (Å²) in [5.74, 6) is -1.09. The van der Waals surface area contributed by atoms with Crippen LogP contribution in [0.2, 0.25) is 0 Å². The fourth-order valence-corrected chi connectivity index (χ4v) is 7.13. The molecule has 4 rings (SSSR count). The highest BCUT2D eigenvalue weighted by atomic mass is 32.2. The lowest BCUT2D eigenvalue weighted by atomic mass is 9.76. The van der Waals surface area contributed by atoms with Gasteiger partial charge in [-0.2, -0.15) is 18.3 Å². The van der Waals surface area contributed by atoms with Gasteiger partial charge in [0.1, 0.15) is 16.9 Å². The summed E-state index contributed by atoms with van der Waals surface area (Å²) in [6.45, 7) is 7.64. The Labute approximate surface area is 278 Å². The van der Waals surface area contributed by atoms with Crippen LogP contribution >= 0.6 is 11.8 Å². The van der Waals surface area contributed by atoms with Gasteiger partial charge in [0.2, 0.25) is 0 Å². The molecule has 1 aromatic heterocycles. The van der Waals surface area contributed by atoms with Crippen LogP contribution in [0.15, 0.2) is 34.9 Å². The minimum absolute atomic E-state index is 0.00418. The van der Waals surface area contributed by atoms with Crippen LogP contribution in [0.5, 0.6) is 0 Å². The maximum Gasteiger partial charge on any atom is 0.418 e. The molecular weight excluding hydrogens is 633 g/mol. The van der Waals surface area contributed by atoms with Crippen molar-refractivity contribution in [3.8, 4) is 5.69 Å². The van der Waals surface area contributed by atoms with Gasteiger partial charge in [0.05, 0.1) is 29.7 Å². The first-order chi connectivity index (χ1) is 22.1. The number of halogens is 3. The number of β-amino-alcohol motifs (C(OH)–C–C–N with tert-alkyl or cyclic N) is 1. The van der Waals surface area contributed by atoms with Gasteiger partial charge in [-0.3, -0.25) is 14.5 Å². The first kappa shape index (κ1) is 37.0. The fourth-order valence-electron chi connectivity index (χ4n) is 6.57. The number of nitrogen functional groups attached to an aromatic ring is 1. The van der Waals surface area contributed by atoms with E-state index in [4.69, 9.17) is 10.5 Å². The summed E-state index contributed by atoms with van der Waals surface area (Å²) < 4.78 is 48.2. The second-order valence-corrected chi connectivity index (χ2v) is 14.2. The van der Waals surface area contributed by atoms with Gasteiger partial charge in [0.15, 0.2) is 0 Å². The zero-order valence-corrected chi connectivity index (χ0v) is 28.5. The molecule has 4 N–H and O–H groups in total. The Morgan fingerprint density at radius 3 is 2.55 bits per heavy atom. The Balaban J connectivity index is 1.63. The third-order valence-electron chi connectivity index (χ3n) is 9.53. The molecule has 0 bridgehead atoms. The number of rotatable bonds is 6. The lowest BCUT2D eigenvalue weighted by Gasteiger charge is -2.29. The highest BCUT2D eigenvalue weighted by Gasteiger charge is 2.47. The van der Waals surface area contributed by atoms with Crippen LogP contribution in [0.3, 0.4) is 0 Å². The SMILES string of the molecule is CSc1cc(/C=C(\C)C2CC3C(CCCCC(O)[C@@H](C)C(=O)C(C)(C)CCC(=O)O2)N3CCO)nn1-c1ccc(N)c(C(F)(F)F)c1. The number of nitrogens with zero attached hydrogens (tertiary/aromatic N) is 3. The number of nitrogens with two attached hydrogens (primary N) is 1. The number of Topliss-reactive ketones (excluding diaryl/α,β-unsaturated/α-hetero) is 1. The highest BCUT2D eigenvalue weighted by molar-refractivity contribution is 7.98. The molecule has 9 nitrogen and oxygen atoms in total. The van der Waals surface area contributed by atoms with Crippen molar-refractivity contribution in [2.75, 3.05) is 25.1 Å². The van der Waals surface area contributed by atoms with Crippen LogP contribution < -0.4 is 5.73 Å². The highest BCUT2D eigenvalue weighted by Crippen LogP contribution is 2.39. The number of thioether (sulfide) groups is 1. The topological polar surface area (TPSA) is 131 Å². The quantitative estimate of drug-likeness (QED) is 0.148. The van der Waals surface area contributed by atoms with E-state index in [1.165, 1.54) is 28.6 Å². The predicted octanol–water partition coefficient (Wildman–Crippen LogP) is 5.89. The number of aliphatic hydroxyl groups excluding tert-OH is 2. The van der Waals surface area contributed by atoms with Crippen molar-refractivity contribution in [2.24, 2.45) is 11.3 Å². The molecule has 47 heavy (non-hydrogen) atoms. The van der Waals surface area contributed by atoms with Crippen molar-refractivity contribution in [3.05, 3.63) is 41.1 Å². The maximum atomic E-state index is 13.6. The standard InChI is InChI=1S/C34H47F3N4O5S/c1-20(16-22-17-30(47-5)41(39-22)23-10-11-25(38)24(18-23)34(35,36)37)29-19-27-26(40(27)14-15-42)8-6-7-9-28(43)21(2)32(45)33(3,4)13-12-31(44)46-29/h10-11,16-18,21,26-29,42-43H,6-9,12-15,19,38H2,1-5H3/b20-16+/t21-,26?,27?,28?,29?,40?/m1/s1. The molecule has 5 unspecified atom stereocenters. The monoisotopic (exact) mass is 680 g/mol. The minimum atomic E-state index is -4.62. The van der Waals surface area contributed by atoms with E-state index >= 15 is 0 Å². The Kier molecular flexibility index (Phi) is 11.9. The number of hydrogen-bond acceptors (Lipinski definition) is 9. The van der Waals surface area contributed by atoms with Gasteiger partial charge in [-0.05, 0) is 68.4 Å². The molecule has 13 heteroatoms. The largest absolute Gasteiger partial charge is 0.458 e. The number of esters is 1. The van der Waals surface area contributed by atoms with E-state index in [0.29, 0.717) is 35.7 Å². The lowest BCUT2D eigenvalue weighted by molar-refractivity contribution is -0.149. The summed E-state index contributed by atoms with van der Waals surface area (Å²) in [6.07, 6.45) is 1.35. The Morgan fingerprint density at radius 2 is 1.89 bits per heavy atom. The zero-order valence-electron chi connectivity index (χ0n) is 27.7. The van der Waals surface area contributed by atoms with Crippen LogP contribution in [0.1, 0.15) is 83.9 Å². The number of anilines is 1. The van der Waals surface area contributed by atoms with E-state index in [-0.39, 0.29) is 48.7 Å². The van der Waals surface area contributed by atoms with Crippen molar-refractivity contribution in [1.82, 2.24) is 14.7 Å². The summed E-state index contributed by atoms with van der Waals surface area (Å²) in [5.41, 5.74) is 4.88. The van der Waals surface area contributed by atoms with Crippen LogP contribution in [0.25, 0.3) is 11.8 Å². The van der Waals surface area contributed by atoms with Crippen LogP contribution in [-0.4, -0.2) is 80.3 Å². The smallest absolute Gasteiger partial charge is 0.418 e. The van der Waals surface area contributed by atoms with E-state index in [9.17, 15) is 33.0 Å². The van der Waals surface area contributed by atoms with Gasteiger partial charge in [-0.25, -0.2) is 4.68 Å². The van der Waals surface area contributed by atoms with Gasteiger partial charge in [0, 0.05) is 48.5 Å². The summed E-state index contributed by atoms with van der Waals surface area (Å²) in [5, 5.41) is 25.6. The first-order valence-electron chi connectivity index (χ1n) is 16.1. The number of aromatic nitrogens is 2. The van der Waals surface area contributed by atoms with Gasteiger partial charge < -0.3 is 20.7 Å². The molecule has 6 atom stereocenters. The molecular formula is C34H47F3N4O5S. The van der Waals surface area contributed by atoms with Crippen molar-refractivity contribution < 1.29 is 37.7 Å². The average molecular weight is 681 g/mol. The number of carbonyl (C=O) groups is 2. The summed E-state index contributed by atoms with van der Waals surface area (Å²) in [6, 6.07) is 5.70. The van der Waals surface area contributed by atoms with Gasteiger partial charge >= 0.3 is 12.1 Å². The average Bonchev–Trinajstić information content (AvgIpc) is 3.47. The van der Waals surface area contributed by atoms with E-state index < -0.39 is 41.2 Å². The first-order valence-corrected chi connectivity index (χ1v) is 17.4. The van der Waals surface area contributed by atoms with E-state index in [0.717, 1.165) is 25.3 Å². The normalized spacial score (nSPS) is 28.1. The van der Waals surface area contributed by atoms with Gasteiger partial charge in [-0.1, -0.05) is 33.6 Å². The molecule has 260 valence electrons. The molecule has 2 aromatic rings. The number of aliphatic hydroxyl groups is 2. The summed E-state index contributed by atoms with van der Waals surface area (Å²) >= 11 is 1.33. The van der Waals surface area contributed by atoms with Crippen molar-refractivity contribution in [3.63, 3.8) is 0 Å². The molecule has 0 aliphatic carbocycles. The number of cyclic esters (lactones) is 1. The van der Waals surface area contributed by atoms with Crippen molar-refractivity contribution in [1.29, 1.82) is 0 Å². The summed E-state index contributed by atoms with van der Waals surface area (Å²) in [4.78, 5) is 28.7. The minimum Gasteiger partial charge on any atom is -0.458 e. The van der Waals surface area contributed by atoms with Crippen molar-refractivity contribution >= 4 is 35.3 Å². The molecule has 2 fully saturated rings. The van der Waals surface area contributed by atoms with E-state index in [1.54, 1.807) is 39.2 Å². The molecule has 1 aromatic carbocycles. The second kappa shape index (κ2) is 15.1. The second-order valence-electron chi connectivity index (χ2n) is 13.4. The lowest BCUT2D eigenvalue weighted by Crippen LogP contribution is -2.36. The number of fused-ring (bicyclic) bond motifs is 1. The number of alkyl halides is 3. The Hall–Kier alpha value is -2.87. The number of ketones is 1. The zero-order chi connectivity index (χ0) is 34.7. The van der Waals surface area contributed by atoms with E-state index in [2.05, 4.69) is 10.00 Å². The summed E-state index contributed by atoms with van der Waals surface area (Å²) in [7, 11) is 0. The van der Waals surface area contributed by atoms with Crippen LogP contribution in [0.4, 0.5) is 18.9 Å². The molecule has 3 heterocycles. The van der Waals surface area contributed by atoms with Gasteiger partial charge in [-0.15, -0.1) is 11.8 Å². The molecule has 0 amide bonds. The predicted molar refractivity (Wildman–Crippen MR) is 176 cm³/mol. The molecule has 0 saturated carbocycles. The third kappa shape index (κ3) is 8.98. The number of ether oxygens (including phenoxy) is 1. The number of carbonyl (C=O) groups excluding carboxylic acids is 2. The molecule has 2 saturated heterocycles. The van der Waals surface area contributed by atoms with Crippen LogP contribution in [-0.2, 0) is 20.5 Å².